The number of nitrogens with zero attached hydrogens (tertiary/aromatic N) is 1. The first-order valence-corrected chi connectivity index (χ1v) is 2.70. The maximum absolute atomic E-state index is 9.91. The van der Waals surface area contributed by atoms with Gasteiger partial charge in [-0.25, -0.2) is 0 Å². The van der Waals surface area contributed by atoms with Crippen molar-refractivity contribution in [3.05, 3.63) is 29.0 Å². The Morgan fingerprint density at radius 3 is 2.60 bits per heavy atom. The molecule has 10 heavy (non-hydrogen) atoms. The normalized spacial score (nSPS) is 8.10. The second-order valence-electron chi connectivity index (χ2n) is 1.47. The Hall–Kier alpha value is 0.214. The number of carbonyl (C=O) groups excluding carboxylic acids is 1. The Balaban J connectivity index is 0.000000810. The fourth-order valence-corrected chi connectivity index (χ4v) is 0.548. The first kappa shape index (κ1) is 10.2. The molecule has 0 saturated heterocycles. The van der Waals surface area contributed by atoms with E-state index >= 15 is 0 Å². The summed E-state index contributed by atoms with van der Waals surface area (Å²) in [5.74, 6) is 0. The van der Waals surface area contributed by atoms with E-state index in [1.807, 2.05) is 0 Å². The van der Waals surface area contributed by atoms with Gasteiger partial charge in [0.1, 0.15) is 5.15 Å². The van der Waals surface area contributed by atoms with Gasteiger partial charge in [0.25, 0.3) is 0 Å². The topological polar surface area (TPSA) is 30.0 Å². The molecule has 0 unspecified atom stereocenters. The van der Waals surface area contributed by atoms with Gasteiger partial charge in [-0.3, -0.25) is 0 Å². The summed E-state index contributed by atoms with van der Waals surface area (Å²) in [5.41, 5.74) is 0.416. The molecule has 1 radical (unpaired) electrons. The van der Waals surface area contributed by atoms with Crippen LogP contribution in [0.4, 0.5) is 0 Å². The van der Waals surface area contributed by atoms with Crippen LogP contribution in [0.15, 0.2) is 18.3 Å². The van der Waals surface area contributed by atoms with Crippen LogP contribution >= 0.6 is 11.6 Å². The van der Waals surface area contributed by atoms with E-state index in [9.17, 15) is 4.79 Å². The van der Waals surface area contributed by atoms with E-state index in [4.69, 9.17) is 11.6 Å². The monoisotopic (exact) mass is 229 g/mol. The van der Waals surface area contributed by atoms with Crippen LogP contribution in [-0.2, 0) is 37.5 Å². The second-order valence-corrected chi connectivity index (χ2v) is 1.86. The van der Waals surface area contributed by atoms with Crippen LogP contribution in [0.5, 0.6) is 0 Å². The molecule has 0 N–H and O–H groups in total. The van der Waals surface area contributed by atoms with E-state index in [1.54, 1.807) is 18.4 Å². The van der Waals surface area contributed by atoms with Crippen molar-refractivity contribution in [2.45, 2.75) is 0 Å². The molecule has 0 bridgehead atoms. The third-order valence-electron chi connectivity index (χ3n) is 0.845. The molecule has 1 heterocycles. The Bertz CT molecular complexity index is 211. The summed E-state index contributed by atoms with van der Waals surface area (Å²) < 4.78 is 0. The average molecular weight is 229 g/mol. The molecule has 0 aliphatic heterocycles. The molecule has 0 atom stereocenters. The Morgan fingerprint density at radius 2 is 2.20 bits per heavy atom. The summed E-state index contributed by atoms with van der Waals surface area (Å²) in [6, 6.07) is 3.10. The molecule has 0 amide bonds. The second kappa shape index (κ2) is 4.94. The van der Waals surface area contributed by atoms with Gasteiger partial charge in [0, 0.05) is 32.7 Å². The van der Waals surface area contributed by atoms with Crippen molar-refractivity contribution in [2.24, 2.45) is 0 Å². The van der Waals surface area contributed by atoms with Gasteiger partial charge in [-0.05, 0) is 0 Å². The average Bonchev–Trinajstić information content (AvgIpc) is 1.90. The van der Waals surface area contributed by atoms with Crippen molar-refractivity contribution >= 4 is 17.9 Å². The fraction of sp³-hybridized carbons (Fsp3) is 0. The van der Waals surface area contributed by atoms with Gasteiger partial charge in [-0.2, -0.15) is 6.07 Å². The minimum Gasteiger partial charge on any atom is -0.376 e. The van der Waals surface area contributed by atoms with E-state index < -0.39 is 0 Å². The fourth-order valence-electron chi connectivity index (χ4n) is 0.436. The van der Waals surface area contributed by atoms with Crippen molar-refractivity contribution in [1.82, 2.24) is 4.98 Å². The zero-order chi connectivity index (χ0) is 6.69. The Kier molecular flexibility index (Phi) is 5.05. The number of halogens is 1. The van der Waals surface area contributed by atoms with E-state index in [0.717, 1.165) is 0 Å². The van der Waals surface area contributed by atoms with Crippen molar-refractivity contribution in [3.8, 4) is 0 Å². The molecule has 0 aromatic carbocycles. The summed E-state index contributed by atoms with van der Waals surface area (Å²) in [6.07, 6.45) is 3.05. The summed E-state index contributed by atoms with van der Waals surface area (Å²) in [4.78, 5) is 13.6. The molecular weight excluding hydrogens is 226 g/mol. The Morgan fingerprint density at radius 1 is 1.50 bits per heavy atom. The molecule has 49 valence electrons. The minimum absolute atomic E-state index is 0. The Labute approximate surface area is 88.9 Å². The molecular formula is C6H3ClNOY-. The summed E-state index contributed by atoms with van der Waals surface area (Å²) in [6.45, 7) is 0. The van der Waals surface area contributed by atoms with Crippen LogP contribution in [-0.4, -0.2) is 11.3 Å². The quantitative estimate of drug-likeness (QED) is 0.535. The number of pyridine rings is 1. The van der Waals surface area contributed by atoms with Gasteiger partial charge >= 0.3 is 0 Å². The summed E-state index contributed by atoms with van der Waals surface area (Å²) in [7, 11) is 0. The van der Waals surface area contributed by atoms with E-state index in [-0.39, 0.29) is 32.7 Å². The molecule has 1 aromatic heterocycles. The third kappa shape index (κ3) is 2.87. The first-order valence-electron chi connectivity index (χ1n) is 2.32. The third-order valence-corrected chi connectivity index (χ3v) is 1.07. The summed E-state index contributed by atoms with van der Waals surface area (Å²) in [5, 5.41) is 0.383. The molecule has 2 nitrogen and oxygen atoms in total. The predicted molar refractivity (Wildman–Crippen MR) is 34.0 cm³/mol. The van der Waals surface area contributed by atoms with Crippen molar-refractivity contribution < 1.29 is 37.5 Å². The van der Waals surface area contributed by atoms with Gasteiger partial charge in [0.2, 0.25) is 0 Å². The zero-order valence-corrected chi connectivity index (χ0v) is 8.64. The van der Waals surface area contributed by atoms with Gasteiger partial charge < -0.3 is 9.78 Å². The van der Waals surface area contributed by atoms with E-state index in [2.05, 4.69) is 4.98 Å². The van der Waals surface area contributed by atoms with Crippen LogP contribution in [0.2, 0.25) is 5.15 Å². The minimum atomic E-state index is 0. The molecule has 1 aromatic rings. The predicted octanol–water partition coefficient (Wildman–Crippen LogP) is 1.19. The van der Waals surface area contributed by atoms with Crippen LogP contribution in [0.25, 0.3) is 0 Å². The molecule has 0 aliphatic carbocycles. The molecule has 0 spiro atoms. The summed E-state index contributed by atoms with van der Waals surface area (Å²) >= 11 is 5.43. The SMILES string of the molecule is O=[C-]c1ccc(Cl)nc1.[Y]. The maximum atomic E-state index is 9.91. The smallest absolute Gasteiger partial charge is 0.103 e. The van der Waals surface area contributed by atoms with Gasteiger partial charge in [0.05, 0.1) is 6.29 Å². The maximum Gasteiger partial charge on any atom is 0.103 e. The number of hydrogen-bond donors (Lipinski definition) is 0. The van der Waals surface area contributed by atoms with E-state index in [1.165, 1.54) is 6.20 Å². The van der Waals surface area contributed by atoms with Crippen molar-refractivity contribution in [1.29, 1.82) is 0 Å². The zero-order valence-electron chi connectivity index (χ0n) is 5.04. The van der Waals surface area contributed by atoms with Gasteiger partial charge in [-0.15, -0.1) is 5.56 Å². The van der Waals surface area contributed by atoms with Crippen molar-refractivity contribution in [3.63, 3.8) is 0 Å². The molecule has 0 aliphatic rings. The number of aromatic nitrogens is 1. The van der Waals surface area contributed by atoms with Gasteiger partial charge in [-0.1, -0.05) is 23.9 Å². The molecule has 0 fully saturated rings. The number of rotatable bonds is 1. The first-order chi connectivity index (χ1) is 4.33. The molecule has 0 saturated carbocycles. The van der Waals surface area contributed by atoms with Crippen molar-refractivity contribution in [2.75, 3.05) is 0 Å². The molecule has 1 rings (SSSR count). The van der Waals surface area contributed by atoms with Gasteiger partial charge in [0.15, 0.2) is 0 Å². The van der Waals surface area contributed by atoms with Crippen LogP contribution in [0.3, 0.4) is 0 Å². The van der Waals surface area contributed by atoms with Crippen LogP contribution in [0.1, 0.15) is 5.56 Å². The van der Waals surface area contributed by atoms with Crippen LogP contribution in [0, 0.1) is 0 Å². The molecule has 4 heteroatoms. The largest absolute Gasteiger partial charge is 0.376 e. The standard InChI is InChI=1S/C6H3ClNO.Y/c7-6-2-1-5(4-9)3-8-6;/h1-3H;/q-1;. The van der Waals surface area contributed by atoms with Crippen LogP contribution < -0.4 is 0 Å². The number of hydrogen-bond acceptors (Lipinski definition) is 2. The van der Waals surface area contributed by atoms with E-state index in [0.29, 0.717) is 10.7 Å².